The van der Waals surface area contributed by atoms with Crippen LogP contribution in [-0.2, 0) is 11.2 Å². The summed E-state index contributed by atoms with van der Waals surface area (Å²) in [6.45, 7) is 2.46. The minimum Gasteiger partial charge on any atom is -0.454 e. The number of fused-ring (bicyclic) bond motifs is 1. The first-order valence-electron chi connectivity index (χ1n) is 8.68. The van der Waals surface area contributed by atoms with Crippen LogP contribution in [0.15, 0.2) is 35.0 Å². The summed E-state index contributed by atoms with van der Waals surface area (Å²) in [5, 5.41) is 4.11. The largest absolute Gasteiger partial charge is 0.454 e. The molecule has 1 aromatic carbocycles. The van der Waals surface area contributed by atoms with Crippen LogP contribution < -0.4 is 9.47 Å². The fraction of sp³-hybridized carbons (Fsp3) is 0.368. The third-order valence-corrected chi connectivity index (χ3v) is 5.48. The highest BCUT2D eigenvalue weighted by Crippen LogP contribution is 2.32. The second-order valence-corrected chi connectivity index (χ2v) is 7.15. The van der Waals surface area contributed by atoms with Gasteiger partial charge in [-0.05, 0) is 47.0 Å². The third-order valence-electron chi connectivity index (χ3n) is 4.75. The lowest BCUT2D eigenvalue weighted by atomic mass is 10.1. The fourth-order valence-electron chi connectivity index (χ4n) is 3.22. The zero-order valence-electron chi connectivity index (χ0n) is 14.3. The standard InChI is InChI=1S/C19H20N2O4S/c22-18(4-1-14-5-10-26-12-14)20-6-8-21(9-7-20)19(23)15-2-3-16-17(11-15)25-13-24-16/h2-3,5,10-12H,1,4,6-9,13H2. The van der Waals surface area contributed by atoms with Crippen molar-refractivity contribution in [2.45, 2.75) is 12.8 Å². The molecule has 0 atom stereocenters. The van der Waals surface area contributed by atoms with Crippen LogP contribution in [0.3, 0.4) is 0 Å². The number of rotatable bonds is 4. The van der Waals surface area contributed by atoms with E-state index in [4.69, 9.17) is 9.47 Å². The first-order chi connectivity index (χ1) is 12.7. The highest BCUT2D eigenvalue weighted by molar-refractivity contribution is 7.07. The average Bonchev–Trinajstić information content (AvgIpc) is 3.36. The molecule has 4 rings (SSSR count). The predicted octanol–water partition coefficient (Wildman–Crippen LogP) is 2.39. The van der Waals surface area contributed by atoms with E-state index in [0.29, 0.717) is 49.7 Å². The molecule has 1 saturated heterocycles. The Labute approximate surface area is 155 Å². The molecule has 1 fully saturated rings. The summed E-state index contributed by atoms with van der Waals surface area (Å²) in [6, 6.07) is 7.30. The normalized spacial score (nSPS) is 16.0. The van der Waals surface area contributed by atoms with Crippen LogP contribution in [0.1, 0.15) is 22.3 Å². The molecule has 3 heterocycles. The molecule has 2 amide bonds. The smallest absolute Gasteiger partial charge is 0.254 e. The molecule has 0 spiro atoms. The van der Waals surface area contributed by atoms with Gasteiger partial charge >= 0.3 is 0 Å². The molecule has 0 aliphatic carbocycles. The van der Waals surface area contributed by atoms with Crippen molar-refractivity contribution in [3.05, 3.63) is 46.2 Å². The number of carbonyl (C=O) groups excluding carboxylic acids is 2. The summed E-state index contributed by atoms with van der Waals surface area (Å²) in [7, 11) is 0. The first-order valence-corrected chi connectivity index (χ1v) is 9.63. The second-order valence-electron chi connectivity index (χ2n) is 6.37. The van der Waals surface area contributed by atoms with E-state index in [1.807, 2.05) is 10.3 Å². The van der Waals surface area contributed by atoms with E-state index < -0.39 is 0 Å². The maximum Gasteiger partial charge on any atom is 0.254 e. The van der Waals surface area contributed by atoms with Gasteiger partial charge in [-0.15, -0.1) is 0 Å². The Balaban J connectivity index is 1.30. The molecule has 6 nitrogen and oxygen atoms in total. The monoisotopic (exact) mass is 372 g/mol. The molecule has 0 N–H and O–H groups in total. The number of hydrogen-bond acceptors (Lipinski definition) is 5. The molecule has 2 aliphatic rings. The van der Waals surface area contributed by atoms with Crippen molar-refractivity contribution in [2.75, 3.05) is 33.0 Å². The van der Waals surface area contributed by atoms with E-state index >= 15 is 0 Å². The molecule has 7 heteroatoms. The molecular formula is C19H20N2O4S. The number of thiophene rings is 1. The van der Waals surface area contributed by atoms with Crippen LogP contribution in [-0.4, -0.2) is 54.6 Å². The number of hydrogen-bond donors (Lipinski definition) is 0. The number of amides is 2. The molecule has 0 unspecified atom stereocenters. The van der Waals surface area contributed by atoms with Crippen LogP contribution >= 0.6 is 11.3 Å². The number of nitrogens with zero attached hydrogens (tertiary/aromatic N) is 2. The Morgan fingerprint density at radius 3 is 2.54 bits per heavy atom. The van der Waals surface area contributed by atoms with Crippen LogP contribution in [0, 0.1) is 0 Å². The Bertz CT molecular complexity index is 798. The van der Waals surface area contributed by atoms with Crippen LogP contribution in [0.2, 0.25) is 0 Å². The van der Waals surface area contributed by atoms with Crippen LogP contribution in [0.5, 0.6) is 11.5 Å². The zero-order chi connectivity index (χ0) is 17.9. The highest BCUT2D eigenvalue weighted by Gasteiger charge is 2.26. The summed E-state index contributed by atoms with van der Waals surface area (Å²) >= 11 is 1.65. The van der Waals surface area contributed by atoms with Gasteiger partial charge in [-0.3, -0.25) is 9.59 Å². The number of piperazine rings is 1. The van der Waals surface area contributed by atoms with Gasteiger partial charge in [0.25, 0.3) is 5.91 Å². The van der Waals surface area contributed by atoms with E-state index in [2.05, 4.69) is 11.4 Å². The maximum atomic E-state index is 12.7. The zero-order valence-corrected chi connectivity index (χ0v) is 15.2. The van der Waals surface area contributed by atoms with E-state index in [-0.39, 0.29) is 18.6 Å². The fourth-order valence-corrected chi connectivity index (χ4v) is 3.92. The van der Waals surface area contributed by atoms with Crippen molar-refractivity contribution in [3.8, 4) is 11.5 Å². The first kappa shape index (κ1) is 16.9. The van der Waals surface area contributed by atoms with Gasteiger partial charge < -0.3 is 19.3 Å². The highest BCUT2D eigenvalue weighted by atomic mass is 32.1. The molecule has 1 aromatic heterocycles. The number of aryl methyl sites for hydroxylation is 1. The predicted molar refractivity (Wildman–Crippen MR) is 97.7 cm³/mol. The number of benzene rings is 1. The van der Waals surface area contributed by atoms with Crippen molar-refractivity contribution in [2.24, 2.45) is 0 Å². The van der Waals surface area contributed by atoms with Crippen molar-refractivity contribution < 1.29 is 19.1 Å². The summed E-state index contributed by atoms with van der Waals surface area (Å²) < 4.78 is 10.6. The lowest BCUT2D eigenvalue weighted by Crippen LogP contribution is -2.50. The lowest BCUT2D eigenvalue weighted by molar-refractivity contribution is -0.132. The van der Waals surface area contributed by atoms with Gasteiger partial charge in [0.1, 0.15) is 0 Å². The number of carbonyl (C=O) groups is 2. The second kappa shape index (κ2) is 7.37. The number of ether oxygens (including phenoxy) is 2. The van der Waals surface area contributed by atoms with Gasteiger partial charge in [0.05, 0.1) is 0 Å². The Kier molecular flexibility index (Phi) is 4.79. The maximum absolute atomic E-state index is 12.7. The molecule has 26 heavy (non-hydrogen) atoms. The Morgan fingerprint density at radius 2 is 1.77 bits per heavy atom. The van der Waals surface area contributed by atoms with Gasteiger partial charge in [-0.1, -0.05) is 0 Å². The van der Waals surface area contributed by atoms with E-state index in [0.717, 1.165) is 6.42 Å². The topological polar surface area (TPSA) is 59.1 Å². The van der Waals surface area contributed by atoms with Gasteiger partial charge in [0, 0.05) is 38.2 Å². The Morgan fingerprint density at radius 1 is 1.00 bits per heavy atom. The Hall–Kier alpha value is -2.54. The van der Waals surface area contributed by atoms with Crippen LogP contribution in [0.4, 0.5) is 0 Å². The van der Waals surface area contributed by atoms with Crippen molar-refractivity contribution in [3.63, 3.8) is 0 Å². The van der Waals surface area contributed by atoms with E-state index in [1.54, 1.807) is 34.4 Å². The minimum atomic E-state index is -0.0336. The van der Waals surface area contributed by atoms with Gasteiger partial charge in [-0.2, -0.15) is 11.3 Å². The summed E-state index contributed by atoms with van der Waals surface area (Å²) in [5.41, 5.74) is 1.80. The van der Waals surface area contributed by atoms with Crippen molar-refractivity contribution in [1.82, 2.24) is 9.80 Å². The van der Waals surface area contributed by atoms with E-state index in [9.17, 15) is 9.59 Å². The average molecular weight is 372 g/mol. The van der Waals surface area contributed by atoms with Crippen LogP contribution in [0.25, 0.3) is 0 Å². The molecular weight excluding hydrogens is 352 g/mol. The van der Waals surface area contributed by atoms with Gasteiger partial charge in [0.2, 0.25) is 12.7 Å². The summed E-state index contributed by atoms with van der Waals surface area (Å²) in [4.78, 5) is 28.7. The van der Waals surface area contributed by atoms with Gasteiger partial charge in [-0.25, -0.2) is 0 Å². The molecule has 136 valence electrons. The summed E-state index contributed by atoms with van der Waals surface area (Å²) in [6.07, 6.45) is 1.30. The minimum absolute atomic E-state index is 0.0336. The van der Waals surface area contributed by atoms with Gasteiger partial charge in [0.15, 0.2) is 11.5 Å². The van der Waals surface area contributed by atoms with Crippen molar-refractivity contribution >= 4 is 23.2 Å². The third kappa shape index (κ3) is 3.53. The lowest BCUT2D eigenvalue weighted by Gasteiger charge is -2.35. The summed E-state index contributed by atoms with van der Waals surface area (Å²) in [5.74, 6) is 1.40. The quantitative estimate of drug-likeness (QED) is 0.827. The SMILES string of the molecule is O=C(CCc1ccsc1)N1CCN(C(=O)c2ccc3c(c2)OCO3)CC1. The molecule has 0 bridgehead atoms. The van der Waals surface area contributed by atoms with E-state index in [1.165, 1.54) is 5.56 Å². The molecule has 0 saturated carbocycles. The van der Waals surface area contributed by atoms with Crippen molar-refractivity contribution in [1.29, 1.82) is 0 Å². The molecule has 0 radical (unpaired) electrons. The molecule has 2 aromatic rings. The molecule has 2 aliphatic heterocycles.